The van der Waals surface area contributed by atoms with Crippen LogP contribution in [0.3, 0.4) is 0 Å². The number of nitrogens with zero attached hydrogens (tertiary/aromatic N) is 2. The van der Waals surface area contributed by atoms with Crippen molar-refractivity contribution in [2.24, 2.45) is 0 Å². The Morgan fingerprint density at radius 1 is 1.22 bits per heavy atom. The number of para-hydroxylation sites is 1. The lowest BCUT2D eigenvalue weighted by Crippen LogP contribution is -2.25. The van der Waals surface area contributed by atoms with Crippen LogP contribution < -0.4 is 10.1 Å². The summed E-state index contributed by atoms with van der Waals surface area (Å²) in [6.45, 7) is 10.1. The van der Waals surface area contributed by atoms with Crippen molar-refractivity contribution in [3.8, 4) is 5.75 Å². The van der Waals surface area contributed by atoms with E-state index in [2.05, 4.69) is 42.0 Å². The minimum absolute atomic E-state index is 0.433. The van der Waals surface area contributed by atoms with Gasteiger partial charge in [0.2, 0.25) is 0 Å². The molecule has 0 aliphatic carbocycles. The molecule has 23 heavy (non-hydrogen) atoms. The fraction of sp³-hybridized carbons (Fsp3) is 0.526. The topological polar surface area (TPSA) is 37.4 Å². The maximum atomic E-state index is 5.41. The van der Waals surface area contributed by atoms with Gasteiger partial charge in [0, 0.05) is 23.3 Å². The molecule has 1 atom stereocenters. The largest absolute Gasteiger partial charge is 0.494 e. The number of aromatic nitrogens is 1. The first-order valence-corrected chi connectivity index (χ1v) is 8.60. The molecule has 0 radical (unpaired) electrons. The van der Waals surface area contributed by atoms with Gasteiger partial charge < -0.3 is 15.0 Å². The second-order valence-electron chi connectivity index (χ2n) is 5.93. The lowest BCUT2D eigenvalue weighted by atomic mass is 10.1. The van der Waals surface area contributed by atoms with E-state index in [0.717, 1.165) is 41.9 Å². The van der Waals surface area contributed by atoms with E-state index in [1.165, 1.54) is 13.0 Å². The molecule has 2 rings (SSSR count). The molecule has 2 aromatic rings. The molecular weight excluding hydrogens is 286 g/mol. The van der Waals surface area contributed by atoms with Crippen molar-refractivity contribution in [3.05, 3.63) is 30.5 Å². The van der Waals surface area contributed by atoms with E-state index >= 15 is 0 Å². The van der Waals surface area contributed by atoms with E-state index in [1.807, 2.05) is 24.4 Å². The highest BCUT2D eigenvalue weighted by Gasteiger charge is 2.09. The number of anilines is 1. The van der Waals surface area contributed by atoms with E-state index in [0.29, 0.717) is 6.04 Å². The van der Waals surface area contributed by atoms with Gasteiger partial charge in [-0.1, -0.05) is 26.0 Å². The Balaban J connectivity index is 2.01. The smallest absolute Gasteiger partial charge is 0.145 e. The predicted octanol–water partition coefficient (Wildman–Crippen LogP) is 4.17. The first-order chi connectivity index (χ1) is 11.2. The summed E-state index contributed by atoms with van der Waals surface area (Å²) >= 11 is 0. The van der Waals surface area contributed by atoms with Gasteiger partial charge >= 0.3 is 0 Å². The zero-order chi connectivity index (χ0) is 16.7. The highest BCUT2D eigenvalue weighted by molar-refractivity contribution is 5.94. The van der Waals surface area contributed by atoms with Crippen molar-refractivity contribution in [1.29, 1.82) is 0 Å². The molecule has 126 valence electrons. The van der Waals surface area contributed by atoms with Crippen LogP contribution in [0, 0.1) is 0 Å². The minimum atomic E-state index is 0.433. The number of methoxy groups -OCH3 is 1. The Hall–Kier alpha value is -1.81. The van der Waals surface area contributed by atoms with E-state index in [4.69, 9.17) is 4.74 Å². The van der Waals surface area contributed by atoms with Gasteiger partial charge in [0.25, 0.3) is 0 Å². The van der Waals surface area contributed by atoms with E-state index in [1.54, 1.807) is 7.11 Å². The molecule has 0 saturated heterocycles. The van der Waals surface area contributed by atoms with E-state index < -0.39 is 0 Å². The third-order valence-corrected chi connectivity index (χ3v) is 4.36. The summed E-state index contributed by atoms with van der Waals surface area (Å²) in [5, 5.41) is 4.75. The van der Waals surface area contributed by atoms with Crippen LogP contribution in [-0.4, -0.2) is 42.7 Å². The molecule has 0 bridgehead atoms. The number of rotatable bonds is 9. The molecule has 1 N–H and O–H groups in total. The first-order valence-electron chi connectivity index (χ1n) is 8.60. The van der Waals surface area contributed by atoms with Crippen molar-refractivity contribution in [2.75, 3.05) is 32.1 Å². The minimum Gasteiger partial charge on any atom is -0.494 e. The highest BCUT2D eigenvalue weighted by Crippen LogP contribution is 2.29. The van der Waals surface area contributed by atoms with E-state index in [9.17, 15) is 0 Å². The average molecular weight is 315 g/mol. The van der Waals surface area contributed by atoms with Gasteiger partial charge in [0.1, 0.15) is 11.3 Å². The predicted molar refractivity (Wildman–Crippen MR) is 98.4 cm³/mol. The van der Waals surface area contributed by atoms with Gasteiger partial charge in [-0.15, -0.1) is 0 Å². The molecule has 1 aromatic carbocycles. The third kappa shape index (κ3) is 4.58. The molecule has 4 heteroatoms. The summed E-state index contributed by atoms with van der Waals surface area (Å²) in [6.07, 6.45) is 4.21. The molecule has 0 fully saturated rings. The molecule has 0 aliphatic rings. The molecule has 1 aromatic heterocycles. The van der Waals surface area contributed by atoms with Gasteiger partial charge in [0.05, 0.1) is 7.11 Å². The summed E-state index contributed by atoms with van der Waals surface area (Å²) < 4.78 is 5.41. The average Bonchev–Trinajstić information content (AvgIpc) is 2.58. The van der Waals surface area contributed by atoms with Crippen LogP contribution in [0.5, 0.6) is 5.75 Å². The number of fused-ring (bicyclic) bond motifs is 1. The van der Waals surface area contributed by atoms with Crippen LogP contribution in [-0.2, 0) is 0 Å². The highest BCUT2D eigenvalue weighted by atomic mass is 16.5. The lowest BCUT2D eigenvalue weighted by Gasteiger charge is -2.21. The van der Waals surface area contributed by atoms with E-state index in [-0.39, 0.29) is 0 Å². The van der Waals surface area contributed by atoms with Crippen LogP contribution in [0.25, 0.3) is 10.9 Å². The Labute approximate surface area is 139 Å². The molecular formula is C19H29N3O. The summed E-state index contributed by atoms with van der Waals surface area (Å²) in [5.41, 5.74) is 2.04. The van der Waals surface area contributed by atoms with Crippen molar-refractivity contribution in [3.63, 3.8) is 0 Å². The summed E-state index contributed by atoms with van der Waals surface area (Å²) in [7, 11) is 1.69. The Morgan fingerprint density at radius 2 is 2.00 bits per heavy atom. The zero-order valence-corrected chi connectivity index (χ0v) is 14.8. The SMILES string of the molecule is CCN(CC)CCCC(C)Nc1ccnc2c(OC)cccc12. The normalized spacial score (nSPS) is 12.6. The second kappa shape index (κ2) is 8.73. The Bertz CT molecular complexity index is 611. The Kier molecular flexibility index (Phi) is 6.66. The van der Waals surface area contributed by atoms with Crippen molar-refractivity contribution in [2.45, 2.75) is 39.7 Å². The molecule has 1 heterocycles. The monoisotopic (exact) mass is 315 g/mol. The van der Waals surface area contributed by atoms with Gasteiger partial charge in [-0.05, 0) is 51.5 Å². The molecule has 0 spiro atoms. The number of pyridine rings is 1. The molecule has 0 amide bonds. The van der Waals surface area contributed by atoms with Gasteiger partial charge in [-0.3, -0.25) is 4.98 Å². The van der Waals surface area contributed by atoms with Crippen LogP contribution in [0.1, 0.15) is 33.6 Å². The molecule has 4 nitrogen and oxygen atoms in total. The van der Waals surface area contributed by atoms with Crippen LogP contribution in [0.15, 0.2) is 30.5 Å². The molecule has 0 saturated carbocycles. The maximum Gasteiger partial charge on any atom is 0.145 e. The van der Waals surface area contributed by atoms with Crippen molar-refractivity contribution >= 4 is 16.6 Å². The number of nitrogens with one attached hydrogen (secondary N) is 1. The van der Waals surface area contributed by atoms with Gasteiger partial charge in [-0.25, -0.2) is 0 Å². The van der Waals surface area contributed by atoms with Crippen LogP contribution >= 0.6 is 0 Å². The molecule has 0 aliphatic heterocycles. The van der Waals surface area contributed by atoms with Crippen molar-refractivity contribution in [1.82, 2.24) is 9.88 Å². The molecule has 1 unspecified atom stereocenters. The maximum absolute atomic E-state index is 5.41. The summed E-state index contributed by atoms with van der Waals surface area (Å²) in [4.78, 5) is 6.93. The standard InChI is InChI=1S/C19H29N3O/c1-5-22(6-2)14-8-9-15(3)21-17-12-13-20-19-16(17)10-7-11-18(19)23-4/h7,10-13,15H,5-6,8-9,14H2,1-4H3,(H,20,21). The zero-order valence-electron chi connectivity index (χ0n) is 14.8. The first kappa shape index (κ1) is 17.5. The summed E-state index contributed by atoms with van der Waals surface area (Å²) in [5.74, 6) is 0.820. The fourth-order valence-corrected chi connectivity index (χ4v) is 2.94. The lowest BCUT2D eigenvalue weighted by molar-refractivity contribution is 0.295. The van der Waals surface area contributed by atoms with Gasteiger partial charge in [-0.2, -0.15) is 0 Å². The number of hydrogen-bond donors (Lipinski definition) is 1. The number of benzene rings is 1. The Morgan fingerprint density at radius 3 is 2.70 bits per heavy atom. The third-order valence-electron chi connectivity index (χ3n) is 4.36. The van der Waals surface area contributed by atoms with Gasteiger partial charge in [0.15, 0.2) is 0 Å². The van der Waals surface area contributed by atoms with Crippen LogP contribution in [0.2, 0.25) is 0 Å². The second-order valence-corrected chi connectivity index (χ2v) is 5.93. The van der Waals surface area contributed by atoms with Crippen molar-refractivity contribution < 1.29 is 4.74 Å². The van der Waals surface area contributed by atoms with Crippen LogP contribution in [0.4, 0.5) is 5.69 Å². The quantitative estimate of drug-likeness (QED) is 0.754. The number of hydrogen-bond acceptors (Lipinski definition) is 4. The summed E-state index contributed by atoms with van der Waals surface area (Å²) in [6, 6.07) is 8.53. The fourth-order valence-electron chi connectivity index (χ4n) is 2.94. The number of ether oxygens (including phenoxy) is 1.